The van der Waals surface area contributed by atoms with Crippen molar-refractivity contribution in [3.63, 3.8) is 0 Å². The van der Waals surface area contributed by atoms with Crippen LogP contribution in [-0.4, -0.2) is 61.3 Å². The fourth-order valence-electron chi connectivity index (χ4n) is 3.99. The van der Waals surface area contributed by atoms with Crippen LogP contribution in [0.25, 0.3) is 0 Å². The lowest BCUT2D eigenvalue weighted by Crippen LogP contribution is -3.00. The van der Waals surface area contributed by atoms with Crippen molar-refractivity contribution in [3.05, 3.63) is 0 Å². The van der Waals surface area contributed by atoms with Crippen molar-refractivity contribution in [2.45, 2.75) is 107 Å². The zero-order valence-corrected chi connectivity index (χ0v) is 23.3. The number of unbranched alkanes of at least 4 members (excludes halogenated alkanes) is 4. The largest absolute Gasteiger partial charge is 1.00 e. The molecule has 0 atom stereocenters. The van der Waals surface area contributed by atoms with Crippen LogP contribution in [0.4, 0.5) is 0 Å². The van der Waals surface area contributed by atoms with E-state index in [1.54, 1.807) is 0 Å². The van der Waals surface area contributed by atoms with Crippen LogP contribution in [-0.2, 0) is 0 Å². The molecule has 0 aromatic rings. The molecule has 176 valence electrons. The van der Waals surface area contributed by atoms with E-state index in [-0.39, 0.29) is 29.4 Å². The minimum atomic E-state index is 0. The van der Waals surface area contributed by atoms with E-state index in [4.69, 9.17) is 0 Å². The Kier molecular flexibility index (Phi) is 30.9. The molecule has 0 spiro atoms. The van der Waals surface area contributed by atoms with Gasteiger partial charge in [-0.1, -0.05) is 53.4 Å². The van der Waals surface area contributed by atoms with Gasteiger partial charge in [-0.05, 0) is 53.4 Å². The van der Waals surface area contributed by atoms with Crippen LogP contribution in [0.3, 0.4) is 0 Å². The molecule has 0 aliphatic rings. The van der Waals surface area contributed by atoms with Gasteiger partial charge in [-0.2, -0.15) is 0 Å². The normalized spacial score (nSPS) is 11.1. The number of hydrogen-bond donors (Lipinski definition) is 0. The Morgan fingerprint density at radius 1 is 0.393 bits per heavy atom. The molecule has 0 heterocycles. The fraction of sp³-hybridized carbons (Fsp3) is 1.00. The summed E-state index contributed by atoms with van der Waals surface area (Å²) < 4.78 is 2.70. The van der Waals surface area contributed by atoms with Gasteiger partial charge in [-0.25, -0.2) is 0 Å². The summed E-state index contributed by atoms with van der Waals surface area (Å²) in [5.74, 6) is 0. The minimum absolute atomic E-state index is 0. The van der Waals surface area contributed by atoms with Gasteiger partial charge in [0.1, 0.15) is 0 Å². The maximum Gasteiger partial charge on any atom is 0.0786 e. The van der Waals surface area contributed by atoms with Gasteiger partial charge in [-0.3, -0.25) is 0 Å². The summed E-state index contributed by atoms with van der Waals surface area (Å²) in [7, 11) is 0. The lowest BCUT2D eigenvalue weighted by molar-refractivity contribution is -0.929. The predicted octanol–water partition coefficient (Wildman–Crippen LogP) is 0.894. The van der Waals surface area contributed by atoms with Gasteiger partial charge in [0, 0.05) is 0 Å². The number of quaternary nitrogens is 2. The third-order valence-electron chi connectivity index (χ3n) is 6.63. The highest BCUT2D eigenvalue weighted by molar-refractivity contribution is 4.49. The van der Waals surface area contributed by atoms with E-state index in [2.05, 4.69) is 55.4 Å². The Labute approximate surface area is 197 Å². The van der Waals surface area contributed by atoms with Gasteiger partial charge in [-0.15, -0.1) is 0 Å². The monoisotopic (exact) mass is 486 g/mol. The first-order chi connectivity index (χ1) is 12.5. The van der Waals surface area contributed by atoms with Crippen LogP contribution >= 0.6 is 0 Å². The van der Waals surface area contributed by atoms with Gasteiger partial charge >= 0.3 is 0 Å². The predicted molar refractivity (Wildman–Crippen MR) is 122 cm³/mol. The average molecular weight is 488 g/mol. The molecule has 28 heavy (non-hydrogen) atoms. The SMILES string of the molecule is CCCC[N+](CCCC)(CCCC)CCCC.CC[N+](CC)(CC)CC.[Br-].[Cl-]. The molecule has 0 aromatic heterocycles. The smallest absolute Gasteiger partial charge is 0.0786 e. The van der Waals surface area contributed by atoms with E-state index in [1.165, 1.54) is 113 Å². The number of hydrogen-bond acceptors (Lipinski definition) is 0. The minimum Gasteiger partial charge on any atom is -1.00 e. The maximum atomic E-state index is 2.33. The second kappa shape index (κ2) is 24.0. The van der Waals surface area contributed by atoms with Crippen molar-refractivity contribution in [1.29, 1.82) is 0 Å². The summed E-state index contributed by atoms with van der Waals surface area (Å²) in [6.45, 7) is 29.2. The molecular formula is C24H56BrClN2. The van der Waals surface area contributed by atoms with Gasteiger partial charge < -0.3 is 38.4 Å². The summed E-state index contributed by atoms with van der Waals surface area (Å²) in [6, 6.07) is 0. The van der Waals surface area contributed by atoms with Crippen LogP contribution in [0.5, 0.6) is 0 Å². The first-order valence-corrected chi connectivity index (χ1v) is 12.2. The third-order valence-corrected chi connectivity index (χ3v) is 6.63. The molecule has 0 amide bonds. The molecule has 0 saturated carbocycles. The summed E-state index contributed by atoms with van der Waals surface area (Å²) in [5, 5.41) is 0. The highest BCUT2D eigenvalue weighted by Gasteiger charge is 2.24. The second-order valence-corrected chi connectivity index (χ2v) is 8.26. The highest BCUT2D eigenvalue weighted by Crippen LogP contribution is 2.16. The molecule has 0 saturated heterocycles. The summed E-state index contributed by atoms with van der Waals surface area (Å²) in [6.07, 6.45) is 11.1. The molecular weight excluding hydrogens is 432 g/mol. The molecule has 0 radical (unpaired) electrons. The van der Waals surface area contributed by atoms with Crippen molar-refractivity contribution in [2.24, 2.45) is 0 Å². The molecule has 0 aliphatic carbocycles. The number of rotatable bonds is 16. The maximum absolute atomic E-state index is 2.33. The van der Waals surface area contributed by atoms with Crippen LogP contribution in [0.1, 0.15) is 107 Å². The van der Waals surface area contributed by atoms with Gasteiger partial charge in [0.15, 0.2) is 0 Å². The number of nitrogens with zero attached hydrogens (tertiary/aromatic N) is 2. The molecule has 4 heteroatoms. The number of halogens is 2. The van der Waals surface area contributed by atoms with E-state index in [9.17, 15) is 0 Å². The highest BCUT2D eigenvalue weighted by atomic mass is 79.9. The van der Waals surface area contributed by atoms with Crippen molar-refractivity contribution in [1.82, 2.24) is 0 Å². The van der Waals surface area contributed by atoms with Crippen molar-refractivity contribution in [3.8, 4) is 0 Å². The van der Waals surface area contributed by atoms with E-state index in [1.807, 2.05) is 0 Å². The standard InChI is InChI=1S/C16H36N.C8H20N.BrH.ClH/c1-5-9-13-17(14-10-6-2,15-11-7-3)16-12-8-4;1-5-9(6-2,7-3)8-4;;/h5-16H2,1-4H3;5-8H2,1-4H3;2*1H/q2*+1;;/p-2. The molecule has 0 fully saturated rings. The van der Waals surface area contributed by atoms with E-state index in [0.29, 0.717) is 0 Å². The average Bonchev–Trinajstić information content (AvgIpc) is 2.69. The molecule has 2 nitrogen and oxygen atoms in total. The summed E-state index contributed by atoms with van der Waals surface area (Å²) in [4.78, 5) is 0. The molecule has 0 unspecified atom stereocenters. The molecule has 0 aliphatic heterocycles. The van der Waals surface area contributed by atoms with Crippen LogP contribution < -0.4 is 29.4 Å². The Morgan fingerprint density at radius 3 is 0.714 bits per heavy atom. The van der Waals surface area contributed by atoms with Gasteiger partial charge in [0.2, 0.25) is 0 Å². The van der Waals surface area contributed by atoms with E-state index < -0.39 is 0 Å². The third kappa shape index (κ3) is 16.5. The van der Waals surface area contributed by atoms with Crippen LogP contribution in [0.15, 0.2) is 0 Å². The lowest BCUT2D eigenvalue weighted by Gasteiger charge is -2.39. The first kappa shape index (κ1) is 36.1. The molecule has 0 bridgehead atoms. The van der Waals surface area contributed by atoms with Crippen molar-refractivity contribution in [2.75, 3.05) is 52.4 Å². The van der Waals surface area contributed by atoms with E-state index in [0.717, 1.165) is 0 Å². The Bertz CT molecular complexity index is 229. The first-order valence-electron chi connectivity index (χ1n) is 12.2. The molecule has 0 aromatic carbocycles. The summed E-state index contributed by atoms with van der Waals surface area (Å²) in [5.41, 5.74) is 0. The van der Waals surface area contributed by atoms with E-state index >= 15 is 0 Å². The van der Waals surface area contributed by atoms with Crippen LogP contribution in [0, 0.1) is 0 Å². The quantitative estimate of drug-likeness (QED) is 0.284. The summed E-state index contributed by atoms with van der Waals surface area (Å²) >= 11 is 0. The Morgan fingerprint density at radius 2 is 0.607 bits per heavy atom. The van der Waals surface area contributed by atoms with Gasteiger partial charge in [0.05, 0.1) is 52.4 Å². The lowest BCUT2D eigenvalue weighted by atomic mass is 10.1. The Balaban J connectivity index is -0.000000225. The fourth-order valence-corrected chi connectivity index (χ4v) is 3.99. The van der Waals surface area contributed by atoms with Crippen molar-refractivity contribution < 1.29 is 38.4 Å². The van der Waals surface area contributed by atoms with Crippen LogP contribution in [0.2, 0.25) is 0 Å². The zero-order valence-electron chi connectivity index (χ0n) is 21.0. The van der Waals surface area contributed by atoms with Crippen molar-refractivity contribution >= 4 is 0 Å². The molecule has 0 rings (SSSR count). The second-order valence-electron chi connectivity index (χ2n) is 8.26. The molecule has 0 N–H and O–H groups in total. The Hall–Kier alpha value is 0.690. The topological polar surface area (TPSA) is 0 Å². The zero-order chi connectivity index (χ0) is 20.3. The van der Waals surface area contributed by atoms with Gasteiger partial charge in [0.25, 0.3) is 0 Å².